The van der Waals surface area contributed by atoms with Gasteiger partial charge in [-0.15, -0.1) is 0 Å². The second-order valence-electron chi connectivity index (χ2n) is 4.18. The summed E-state index contributed by atoms with van der Waals surface area (Å²) in [6, 6.07) is 14.8. The van der Waals surface area contributed by atoms with Gasteiger partial charge in [0.05, 0.1) is 10.6 Å². The molecule has 19 heavy (non-hydrogen) atoms. The molecule has 0 saturated heterocycles. The predicted octanol–water partition coefficient (Wildman–Crippen LogP) is 3.96. The van der Waals surface area contributed by atoms with E-state index in [0.717, 1.165) is 10.5 Å². The fourth-order valence-electron chi connectivity index (χ4n) is 1.97. The maximum Gasteiger partial charge on any atom is 0.202 e. The molecular weight excluding hydrogens is 278 g/mol. The minimum Gasteiger partial charge on any atom is -0.397 e. The van der Waals surface area contributed by atoms with E-state index >= 15 is 0 Å². The number of ketones is 1. The third kappa shape index (κ3) is 2.15. The van der Waals surface area contributed by atoms with Gasteiger partial charge < -0.3 is 5.73 Å². The van der Waals surface area contributed by atoms with Crippen molar-refractivity contribution in [3.05, 3.63) is 69.6 Å². The first kappa shape index (κ1) is 12.3. The van der Waals surface area contributed by atoms with Gasteiger partial charge in [-0.05, 0) is 23.8 Å². The lowest BCUT2D eigenvalue weighted by Crippen LogP contribution is -2.04. The molecule has 1 heterocycles. The molecule has 0 radical (unpaired) electrons. The number of thioether (sulfide) groups is 1. The average Bonchev–Trinajstić information content (AvgIpc) is 2.75. The smallest absolute Gasteiger partial charge is 0.202 e. The first-order chi connectivity index (χ1) is 9.16. The van der Waals surface area contributed by atoms with Crippen LogP contribution in [0.2, 0.25) is 5.02 Å². The number of allylic oxidation sites excluding steroid dienone is 1. The highest BCUT2D eigenvalue weighted by Crippen LogP contribution is 2.43. The van der Waals surface area contributed by atoms with Crippen molar-refractivity contribution in [2.75, 3.05) is 0 Å². The van der Waals surface area contributed by atoms with Crippen LogP contribution >= 0.6 is 23.4 Å². The Morgan fingerprint density at radius 1 is 1.11 bits per heavy atom. The van der Waals surface area contributed by atoms with Gasteiger partial charge in [0.15, 0.2) is 0 Å². The van der Waals surface area contributed by atoms with Gasteiger partial charge in [0, 0.05) is 15.5 Å². The highest BCUT2D eigenvalue weighted by atomic mass is 35.5. The SMILES string of the molecule is N/C(=C1/Sc2cc(Cl)ccc2C1=O)c1ccccc1. The third-order valence-electron chi connectivity index (χ3n) is 2.94. The predicted molar refractivity (Wildman–Crippen MR) is 79.2 cm³/mol. The largest absolute Gasteiger partial charge is 0.397 e. The van der Waals surface area contributed by atoms with Gasteiger partial charge >= 0.3 is 0 Å². The van der Waals surface area contributed by atoms with E-state index in [0.29, 0.717) is 21.2 Å². The lowest BCUT2D eigenvalue weighted by Gasteiger charge is -2.04. The monoisotopic (exact) mass is 287 g/mol. The van der Waals surface area contributed by atoms with Crippen LogP contribution in [0.1, 0.15) is 15.9 Å². The van der Waals surface area contributed by atoms with Gasteiger partial charge in [0.25, 0.3) is 0 Å². The van der Waals surface area contributed by atoms with Crippen LogP contribution in [0.3, 0.4) is 0 Å². The number of carbonyl (C=O) groups excluding carboxylic acids is 1. The maximum atomic E-state index is 12.3. The summed E-state index contributed by atoms with van der Waals surface area (Å²) in [7, 11) is 0. The van der Waals surface area contributed by atoms with Gasteiger partial charge in [0.1, 0.15) is 0 Å². The van der Waals surface area contributed by atoms with Gasteiger partial charge in [-0.25, -0.2) is 0 Å². The molecule has 3 rings (SSSR count). The van der Waals surface area contributed by atoms with E-state index in [1.165, 1.54) is 11.8 Å². The molecule has 1 aliphatic rings. The molecule has 94 valence electrons. The summed E-state index contributed by atoms with van der Waals surface area (Å²) in [5.41, 5.74) is 8.16. The summed E-state index contributed by atoms with van der Waals surface area (Å²) >= 11 is 7.33. The zero-order chi connectivity index (χ0) is 13.4. The number of halogens is 1. The molecule has 0 fully saturated rings. The summed E-state index contributed by atoms with van der Waals surface area (Å²) in [6.07, 6.45) is 0. The highest BCUT2D eigenvalue weighted by molar-refractivity contribution is 8.05. The number of nitrogens with two attached hydrogens (primary N) is 1. The van der Waals surface area contributed by atoms with E-state index in [4.69, 9.17) is 17.3 Å². The number of fused-ring (bicyclic) bond motifs is 1. The summed E-state index contributed by atoms with van der Waals surface area (Å²) in [4.78, 5) is 13.8. The molecule has 0 bridgehead atoms. The molecule has 2 aromatic carbocycles. The van der Waals surface area contributed by atoms with Crippen molar-refractivity contribution in [2.24, 2.45) is 5.73 Å². The molecule has 0 amide bonds. The van der Waals surface area contributed by atoms with E-state index in [1.54, 1.807) is 18.2 Å². The van der Waals surface area contributed by atoms with Crippen LogP contribution in [0.5, 0.6) is 0 Å². The summed E-state index contributed by atoms with van der Waals surface area (Å²) in [6.45, 7) is 0. The van der Waals surface area contributed by atoms with Crippen molar-refractivity contribution in [1.82, 2.24) is 0 Å². The molecule has 2 N–H and O–H groups in total. The zero-order valence-electron chi connectivity index (χ0n) is 9.89. The van der Waals surface area contributed by atoms with Crippen LogP contribution in [0.25, 0.3) is 5.70 Å². The van der Waals surface area contributed by atoms with Gasteiger partial charge in [-0.1, -0.05) is 53.7 Å². The van der Waals surface area contributed by atoms with Crippen LogP contribution in [0, 0.1) is 0 Å². The second kappa shape index (κ2) is 4.76. The lowest BCUT2D eigenvalue weighted by molar-refractivity contribution is 0.104. The van der Waals surface area contributed by atoms with Crippen LogP contribution in [-0.4, -0.2) is 5.78 Å². The van der Waals surface area contributed by atoms with Crippen molar-refractivity contribution in [3.8, 4) is 0 Å². The van der Waals surface area contributed by atoms with Crippen molar-refractivity contribution >= 4 is 34.8 Å². The standard InChI is InChI=1S/C15H10ClNOS/c16-10-6-7-11-12(8-10)19-15(14(11)18)13(17)9-4-2-1-3-5-9/h1-8H,17H2/b15-13+. The van der Waals surface area contributed by atoms with Gasteiger partial charge in [-0.3, -0.25) is 4.79 Å². The lowest BCUT2D eigenvalue weighted by atomic mass is 10.1. The second-order valence-corrected chi connectivity index (χ2v) is 5.67. The van der Waals surface area contributed by atoms with E-state index < -0.39 is 0 Å². The van der Waals surface area contributed by atoms with Crippen LogP contribution in [-0.2, 0) is 0 Å². The molecule has 0 unspecified atom stereocenters. The van der Waals surface area contributed by atoms with Crippen molar-refractivity contribution in [3.63, 3.8) is 0 Å². The topological polar surface area (TPSA) is 43.1 Å². The molecule has 0 atom stereocenters. The molecule has 2 nitrogen and oxygen atoms in total. The number of Topliss-reactive ketones (excluding diaryl/α,β-unsaturated/α-hetero) is 1. The Labute approximate surface area is 120 Å². The van der Waals surface area contributed by atoms with E-state index in [2.05, 4.69) is 0 Å². The third-order valence-corrected chi connectivity index (χ3v) is 4.34. The molecule has 0 spiro atoms. The van der Waals surface area contributed by atoms with Crippen LogP contribution < -0.4 is 5.73 Å². The number of benzene rings is 2. The van der Waals surface area contributed by atoms with E-state index in [1.807, 2.05) is 30.3 Å². The Bertz CT molecular complexity index is 695. The van der Waals surface area contributed by atoms with Gasteiger partial charge in [-0.2, -0.15) is 0 Å². The van der Waals surface area contributed by atoms with Crippen molar-refractivity contribution < 1.29 is 4.79 Å². The minimum absolute atomic E-state index is 0.0296. The number of hydrogen-bond acceptors (Lipinski definition) is 3. The summed E-state index contributed by atoms with van der Waals surface area (Å²) in [5.74, 6) is -0.0296. The average molecular weight is 288 g/mol. The molecule has 0 saturated carbocycles. The molecule has 2 aromatic rings. The maximum absolute atomic E-state index is 12.3. The van der Waals surface area contributed by atoms with E-state index in [9.17, 15) is 4.79 Å². The quantitative estimate of drug-likeness (QED) is 0.808. The highest BCUT2D eigenvalue weighted by Gasteiger charge is 2.28. The fraction of sp³-hybridized carbons (Fsp3) is 0. The molecule has 1 aliphatic heterocycles. The number of hydrogen-bond donors (Lipinski definition) is 1. The van der Waals surface area contributed by atoms with Crippen molar-refractivity contribution in [2.45, 2.75) is 4.90 Å². The minimum atomic E-state index is -0.0296. The number of carbonyl (C=O) groups is 1. The van der Waals surface area contributed by atoms with Crippen LogP contribution in [0.15, 0.2) is 58.3 Å². The molecular formula is C15H10ClNOS. The van der Waals surface area contributed by atoms with Gasteiger partial charge in [0.2, 0.25) is 5.78 Å². The normalized spacial score (nSPS) is 16.4. The Balaban J connectivity index is 2.08. The summed E-state index contributed by atoms with van der Waals surface area (Å²) < 4.78 is 0. The Morgan fingerprint density at radius 3 is 2.58 bits per heavy atom. The van der Waals surface area contributed by atoms with Crippen molar-refractivity contribution in [1.29, 1.82) is 0 Å². The first-order valence-corrected chi connectivity index (χ1v) is 6.93. The first-order valence-electron chi connectivity index (χ1n) is 5.74. The Kier molecular flexibility index (Phi) is 3.09. The van der Waals surface area contributed by atoms with Crippen LogP contribution in [0.4, 0.5) is 0 Å². The van der Waals surface area contributed by atoms with E-state index in [-0.39, 0.29) is 5.78 Å². The summed E-state index contributed by atoms with van der Waals surface area (Å²) in [5, 5.41) is 0.624. The molecule has 0 aliphatic carbocycles. The zero-order valence-corrected chi connectivity index (χ0v) is 11.5. The molecule has 4 heteroatoms. The number of rotatable bonds is 1. The fourth-order valence-corrected chi connectivity index (χ4v) is 3.32. The Morgan fingerprint density at radius 2 is 1.84 bits per heavy atom. The molecule has 0 aromatic heterocycles. The Hall–Kier alpha value is -1.71.